The molecule has 1 aromatic rings. The van der Waals surface area contributed by atoms with Gasteiger partial charge in [0, 0.05) is 10.9 Å². The lowest BCUT2D eigenvalue weighted by atomic mass is 9.87. The maximum absolute atomic E-state index is 5.97. The highest BCUT2D eigenvalue weighted by Crippen LogP contribution is 2.47. The van der Waals surface area contributed by atoms with E-state index in [1.807, 2.05) is 46.7 Å². The van der Waals surface area contributed by atoms with Crippen molar-refractivity contribution < 1.29 is 4.74 Å². The standard InChI is InChI=1S/C15H21NOS2/c1-4-13(16)11-5-6-14(17-3)15(9-11)19-18-12-7-10(2)8-12/h4-6,9-10,12H,7-8,16H2,1-3H3/b13-4+. The molecule has 0 aromatic heterocycles. The van der Waals surface area contributed by atoms with Crippen LogP contribution >= 0.6 is 21.6 Å². The Kier molecular flexibility index (Phi) is 5.11. The summed E-state index contributed by atoms with van der Waals surface area (Å²) in [7, 11) is 5.48. The minimum absolute atomic E-state index is 0.785. The normalized spacial score (nSPS) is 23.0. The van der Waals surface area contributed by atoms with Crippen molar-refractivity contribution in [2.75, 3.05) is 7.11 Å². The summed E-state index contributed by atoms with van der Waals surface area (Å²) in [6.45, 7) is 4.27. The molecular formula is C15H21NOS2. The fourth-order valence-electron chi connectivity index (χ4n) is 2.12. The van der Waals surface area contributed by atoms with Crippen molar-refractivity contribution in [3.05, 3.63) is 29.8 Å². The largest absolute Gasteiger partial charge is 0.496 e. The summed E-state index contributed by atoms with van der Waals surface area (Å²) in [6, 6.07) is 6.13. The third-order valence-electron chi connectivity index (χ3n) is 3.41. The zero-order valence-corrected chi connectivity index (χ0v) is 13.3. The van der Waals surface area contributed by atoms with Crippen LogP contribution in [0, 0.1) is 5.92 Å². The average Bonchev–Trinajstić information content (AvgIpc) is 2.41. The molecule has 0 bridgehead atoms. The van der Waals surface area contributed by atoms with Crippen molar-refractivity contribution in [1.29, 1.82) is 0 Å². The first kappa shape index (κ1) is 14.7. The van der Waals surface area contributed by atoms with E-state index >= 15 is 0 Å². The van der Waals surface area contributed by atoms with Crippen LogP contribution in [-0.4, -0.2) is 12.4 Å². The summed E-state index contributed by atoms with van der Waals surface area (Å²) in [5.41, 5.74) is 7.85. The third-order valence-corrected chi connectivity index (χ3v) is 6.31. The van der Waals surface area contributed by atoms with Crippen molar-refractivity contribution in [3.63, 3.8) is 0 Å². The average molecular weight is 295 g/mol. The van der Waals surface area contributed by atoms with Crippen LogP contribution in [0.5, 0.6) is 5.75 Å². The monoisotopic (exact) mass is 295 g/mol. The molecule has 0 heterocycles. The van der Waals surface area contributed by atoms with E-state index in [4.69, 9.17) is 10.5 Å². The maximum Gasteiger partial charge on any atom is 0.133 e. The molecule has 2 N–H and O–H groups in total. The molecule has 4 heteroatoms. The Morgan fingerprint density at radius 3 is 2.74 bits per heavy atom. The van der Waals surface area contributed by atoms with Gasteiger partial charge in [0.2, 0.25) is 0 Å². The smallest absolute Gasteiger partial charge is 0.133 e. The van der Waals surface area contributed by atoms with Crippen LogP contribution in [0.3, 0.4) is 0 Å². The second-order valence-electron chi connectivity index (χ2n) is 4.99. The highest BCUT2D eigenvalue weighted by atomic mass is 33.1. The van der Waals surface area contributed by atoms with Crippen molar-refractivity contribution in [3.8, 4) is 5.75 Å². The summed E-state index contributed by atoms with van der Waals surface area (Å²) in [5.74, 6) is 1.82. The van der Waals surface area contributed by atoms with Gasteiger partial charge in [0.25, 0.3) is 0 Å². The van der Waals surface area contributed by atoms with Crippen molar-refractivity contribution in [1.82, 2.24) is 0 Å². The number of nitrogens with two attached hydrogens (primary N) is 1. The third kappa shape index (κ3) is 3.63. The molecule has 0 saturated heterocycles. The molecule has 0 spiro atoms. The highest BCUT2D eigenvalue weighted by molar-refractivity contribution is 8.77. The quantitative estimate of drug-likeness (QED) is 0.808. The van der Waals surface area contributed by atoms with Gasteiger partial charge in [-0.25, -0.2) is 0 Å². The molecule has 1 aliphatic carbocycles. The number of allylic oxidation sites excluding steroid dienone is 1. The Bertz CT molecular complexity index is 467. The van der Waals surface area contributed by atoms with Gasteiger partial charge in [0.15, 0.2) is 0 Å². The predicted molar refractivity (Wildman–Crippen MR) is 86.5 cm³/mol. The van der Waals surface area contributed by atoms with E-state index in [2.05, 4.69) is 13.0 Å². The van der Waals surface area contributed by atoms with E-state index in [0.717, 1.165) is 33.1 Å². The highest BCUT2D eigenvalue weighted by Gasteiger charge is 2.26. The Balaban J connectivity index is 2.07. The van der Waals surface area contributed by atoms with Crippen LogP contribution in [0.1, 0.15) is 32.3 Å². The number of ether oxygens (including phenoxy) is 1. The van der Waals surface area contributed by atoms with Gasteiger partial charge in [-0.2, -0.15) is 0 Å². The summed E-state index contributed by atoms with van der Waals surface area (Å²) in [5, 5.41) is 0.785. The molecule has 1 saturated carbocycles. The molecule has 104 valence electrons. The Hall–Kier alpha value is -0.740. The molecule has 0 radical (unpaired) electrons. The van der Waals surface area contributed by atoms with E-state index in [1.165, 1.54) is 12.8 Å². The summed E-state index contributed by atoms with van der Waals surface area (Å²) < 4.78 is 5.42. The molecule has 1 aliphatic rings. The molecule has 0 aliphatic heterocycles. The van der Waals surface area contributed by atoms with Crippen molar-refractivity contribution >= 4 is 27.3 Å². The first-order valence-electron chi connectivity index (χ1n) is 6.57. The zero-order chi connectivity index (χ0) is 13.8. The van der Waals surface area contributed by atoms with Crippen LogP contribution in [-0.2, 0) is 0 Å². The fourth-order valence-corrected chi connectivity index (χ4v) is 5.16. The topological polar surface area (TPSA) is 35.2 Å². The van der Waals surface area contributed by atoms with E-state index in [1.54, 1.807) is 7.11 Å². The SMILES string of the molecule is C/C=C(/N)c1ccc(OC)c(SSC2CC(C)C2)c1. The number of hydrogen-bond acceptors (Lipinski definition) is 4. The van der Waals surface area contributed by atoms with Crippen molar-refractivity contribution in [2.45, 2.75) is 36.8 Å². The van der Waals surface area contributed by atoms with Gasteiger partial charge in [-0.3, -0.25) is 0 Å². The van der Waals surface area contributed by atoms with Gasteiger partial charge in [0.1, 0.15) is 5.75 Å². The van der Waals surface area contributed by atoms with Crippen LogP contribution < -0.4 is 10.5 Å². The number of hydrogen-bond donors (Lipinski definition) is 1. The van der Waals surface area contributed by atoms with Crippen LogP contribution in [0.4, 0.5) is 0 Å². The molecule has 1 fully saturated rings. The molecular weight excluding hydrogens is 274 g/mol. The summed E-state index contributed by atoms with van der Waals surface area (Å²) >= 11 is 0. The zero-order valence-electron chi connectivity index (χ0n) is 11.7. The molecule has 2 rings (SSSR count). The molecule has 0 amide bonds. The lowest BCUT2D eigenvalue weighted by molar-refractivity contribution is 0.362. The fraction of sp³-hybridized carbons (Fsp3) is 0.467. The van der Waals surface area contributed by atoms with Gasteiger partial charge in [-0.15, -0.1) is 0 Å². The predicted octanol–water partition coefficient (Wildman–Crippen LogP) is 4.55. The first-order chi connectivity index (χ1) is 9.13. The van der Waals surface area contributed by atoms with Crippen molar-refractivity contribution in [2.24, 2.45) is 11.7 Å². The molecule has 0 unspecified atom stereocenters. The minimum Gasteiger partial charge on any atom is -0.496 e. The van der Waals surface area contributed by atoms with Gasteiger partial charge in [-0.1, -0.05) is 34.6 Å². The second-order valence-corrected chi connectivity index (χ2v) is 7.53. The Morgan fingerprint density at radius 2 is 2.16 bits per heavy atom. The van der Waals surface area contributed by atoms with Gasteiger partial charge in [-0.05, 0) is 49.4 Å². The van der Waals surface area contributed by atoms with Crippen LogP contribution in [0.25, 0.3) is 5.70 Å². The van der Waals surface area contributed by atoms with E-state index in [9.17, 15) is 0 Å². The number of benzene rings is 1. The van der Waals surface area contributed by atoms with Crippen LogP contribution in [0.2, 0.25) is 0 Å². The van der Waals surface area contributed by atoms with Gasteiger partial charge < -0.3 is 10.5 Å². The molecule has 2 nitrogen and oxygen atoms in total. The van der Waals surface area contributed by atoms with E-state index in [0.29, 0.717) is 0 Å². The van der Waals surface area contributed by atoms with Crippen LogP contribution in [0.15, 0.2) is 29.2 Å². The first-order valence-corrected chi connectivity index (χ1v) is 8.78. The molecule has 19 heavy (non-hydrogen) atoms. The number of methoxy groups -OCH3 is 1. The second kappa shape index (κ2) is 6.62. The van der Waals surface area contributed by atoms with E-state index in [-0.39, 0.29) is 0 Å². The maximum atomic E-state index is 5.97. The Labute approximate surface area is 123 Å². The summed E-state index contributed by atoms with van der Waals surface area (Å²) in [6.07, 6.45) is 4.59. The van der Waals surface area contributed by atoms with E-state index < -0.39 is 0 Å². The lowest BCUT2D eigenvalue weighted by Crippen LogP contribution is -2.22. The molecule has 0 atom stereocenters. The van der Waals surface area contributed by atoms with Gasteiger partial charge in [0.05, 0.1) is 12.0 Å². The number of rotatable bonds is 5. The lowest BCUT2D eigenvalue weighted by Gasteiger charge is -2.31. The minimum atomic E-state index is 0.785. The summed E-state index contributed by atoms with van der Waals surface area (Å²) in [4.78, 5) is 1.16. The Morgan fingerprint density at radius 1 is 1.42 bits per heavy atom. The van der Waals surface area contributed by atoms with Gasteiger partial charge >= 0.3 is 0 Å². The molecule has 1 aromatic carbocycles.